The Bertz CT molecular complexity index is 981. The molecule has 1 aromatic carbocycles. The third-order valence-corrected chi connectivity index (χ3v) is 5.76. The quantitative estimate of drug-likeness (QED) is 0.868. The lowest BCUT2D eigenvalue weighted by atomic mass is 10.1. The van der Waals surface area contributed by atoms with Gasteiger partial charge in [0.15, 0.2) is 5.82 Å². The minimum Gasteiger partial charge on any atom is -0.506 e. The topological polar surface area (TPSA) is 75.4 Å². The van der Waals surface area contributed by atoms with Gasteiger partial charge in [-0.1, -0.05) is 30.2 Å². The van der Waals surface area contributed by atoms with Gasteiger partial charge in [0, 0.05) is 18.3 Å². The zero-order valence-electron chi connectivity index (χ0n) is 13.4. The molecule has 6 nitrogen and oxygen atoms in total. The molecule has 1 N–H and O–H groups in total. The van der Waals surface area contributed by atoms with Crippen molar-refractivity contribution in [3.8, 4) is 12.3 Å². The lowest BCUT2D eigenvalue weighted by Gasteiger charge is -2.27. The lowest BCUT2D eigenvalue weighted by Crippen LogP contribution is -2.36. The Morgan fingerprint density at radius 1 is 1.29 bits per heavy atom. The highest BCUT2D eigenvalue weighted by Crippen LogP contribution is 2.42. The van der Waals surface area contributed by atoms with Crippen LogP contribution in [-0.2, 0) is 16.6 Å². The Morgan fingerprint density at radius 2 is 2.00 bits per heavy atom. The summed E-state index contributed by atoms with van der Waals surface area (Å²) >= 11 is 0. The van der Waals surface area contributed by atoms with Crippen molar-refractivity contribution in [2.75, 3.05) is 10.8 Å². The van der Waals surface area contributed by atoms with E-state index in [1.165, 1.54) is 0 Å². The van der Waals surface area contributed by atoms with Crippen molar-refractivity contribution in [3.63, 3.8) is 0 Å². The maximum Gasteiger partial charge on any atom is 0.270 e. The molecule has 124 valence electrons. The summed E-state index contributed by atoms with van der Waals surface area (Å²) in [5, 5.41) is 14.9. The van der Waals surface area contributed by atoms with E-state index in [4.69, 9.17) is 6.42 Å². The first-order valence-corrected chi connectivity index (χ1v) is 8.89. The van der Waals surface area contributed by atoms with E-state index < -0.39 is 10.0 Å². The standard InChI is InChI=1S/C17H17N3O3S/c1-4-10-20-17-14(11-19(5-2)18-17)15(21)16(24(20,22)23)13-9-7-6-8-12(13)3/h1,6-9,11,21H,5,10H2,2-3H3. The summed E-state index contributed by atoms with van der Waals surface area (Å²) in [5.74, 6) is 2.21. The Morgan fingerprint density at radius 3 is 2.62 bits per heavy atom. The van der Waals surface area contributed by atoms with Gasteiger partial charge in [-0.2, -0.15) is 5.10 Å². The van der Waals surface area contributed by atoms with Crippen molar-refractivity contribution in [1.82, 2.24) is 9.78 Å². The van der Waals surface area contributed by atoms with Gasteiger partial charge in [0.05, 0.1) is 12.1 Å². The third kappa shape index (κ3) is 2.27. The minimum absolute atomic E-state index is 0.140. The molecule has 0 radical (unpaired) electrons. The van der Waals surface area contributed by atoms with Crippen molar-refractivity contribution in [1.29, 1.82) is 0 Å². The first kappa shape index (κ1) is 16.1. The van der Waals surface area contributed by atoms with Crippen LogP contribution in [0.2, 0.25) is 0 Å². The molecule has 0 unspecified atom stereocenters. The number of rotatable bonds is 3. The van der Waals surface area contributed by atoms with Gasteiger partial charge in [-0.05, 0) is 19.4 Å². The van der Waals surface area contributed by atoms with Gasteiger partial charge >= 0.3 is 0 Å². The summed E-state index contributed by atoms with van der Waals surface area (Å²) in [5.41, 5.74) is 1.56. The summed E-state index contributed by atoms with van der Waals surface area (Å²) in [6.45, 7) is 4.06. The molecule has 1 aromatic heterocycles. The number of sulfonamides is 1. The Labute approximate surface area is 141 Å². The zero-order valence-corrected chi connectivity index (χ0v) is 14.2. The van der Waals surface area contributed by atoms with Crippen LogP contribution in [0, 0.1) is 19.3 Å². The highest BCUT2D eigenvalue weighted by molar-refractivity contribution is 8.02. The molecule has 3 rings (SSSR count). The number of fused-ring (bicyclic) bond motifs is 1. The van der Waals surface area contributed by atoms with Gasteiger partial charge in [-0.15, -0.1) is 6.42 Å². The third-order valence-electron chi connectivity index (χ3n) is 3.95. The normalized spacial score (nSPS) is 16.0. The first-order chi connectivity index (χ1) is 11.4. The van der Waals surface area contributed by atoms with E-state index >= 15 is 0 Å². The molecule has 0 bridgehead atoms. The van der Waals surface area contributed by atoms with Crippen LogP contribution in [0.1, 0.15) is 23.6 Å². The van der Waals surface area contributed by atoms with E-state index in [9.17, 15) is 13.5 Å². The Hall–Kier alpha value is -2.72. The lowest BCUT2D eigenvalue weighted by molar-refractivity contribution is 0.512. The van der Waals surface area contributed by atoms with E-state index in [1.807, 2.05) is 13.0 Å². The number of benzene rings is 1. The largest absolute Gasteiger partial charge is 0.506 e. The van der Waals surface area contributed by atoms with Gasteiger partial charge in [0.1, 0.15) is 10.7 Å². The Kier molecular flexibility index (Phi) is 3.85. The van der Waals surface area contributed by atoms with Gasteiger partial charge in [0.2, 0.25) is 0 Å². The molecule has 1 aliphatic heterocycles. The molecule has 0 fully saturated rings. The van der Waals surface area contributed by atoms with E-state index in [0.29, 0.717) is 17.7 Å². The van der Waals surface area contributed by atoms with Crippen molar-refractivity contribution in [3.05, 3.63) is 47.2 Å². The highest BCUT2D eigenvalue weighted by atomic mass is 32.2. The smallest absolute Gasteiger partial charge is 0.270 e. The fourth-order valence-corrected chi connectivity index (χ4v) is 4.42. The molecule has 2 heterocycles. The predicted octanol–water partition coefficient (Wildman–Crippen LogP) is 2.38. The number of aromatic nitrogens is 2. The van der Waals surface area contributed by atoms with Crippen LogP contribution < -0.4 is 4.31 Å². The zero-order chi connectivity index (χ0) is 17.5. The number of aliphatic hydroxyl groups excluding tert-OH is 1. The van der Waals surface area contributed by atoms with Crippen molar-refractivity contribution >= 4 is 26.5 Å². The average Bonchev–Trinajstić information content (AvgIpc) is 2.97. The maximum absolute atomic E-state index is 13.1. The van der Waals surface area contributed by atoms with E-state index in [1.54, 1.807) is 36.0 Å². The second kappa shape index (κ2) is 5.73. The van der Waals surface area contributed by atoms with Crippen LogP contribution in [0.15, 0.2) is 30.5 Å². The number of hydrogen-bond acceptors (Lipinski definition) is 4. The van der Waals surface area contributed by atoms with Crippen molar-refractivity contribution in [2.24, 2.45) is 0 Å². The molecular formula is C17H17N3O3S. The molecule has 0 saturated carbocycles. The maximum atomic E-state index is 13.1. The van der Waals surface area contributed by atoms with Crippen LogP contribution in [0.3, 0.4) is 0 Å². The molecule has 7 heteroatoms. The summed E-state index contributed by atoms with van der Waals surface area (Å²) in [6, 6.07) is 7.00. The molecule has 1 aliphatic rings. The van der Waals surface area contributed by atoms with Crippen LogP contribution in [0.5, 0.6) is 0 Å². The van der Waals surface area contributed by atoms with Crippen LogP contribution in [0.25, 0.3) is 10.7 Å². The number of aryl methyl sites for hydroxylation is 2. The van der Waals surface area contributed by atoms with Gasteiger partial charge in [0.25, 0.3) is 10.0 Å². The van der Waals surface area contributed by atoms with Crippen LogP contribution in [-0.4, -0.2) is 29.8 Å². The summed E-state index contributed by atoms with van der Waals surface area (Å²) in [4.78, 5) is -0.140. The SMILES string of the molecule is C#CCN1c2nn(CC)cc2C(O)=C(c2ccccc2C)S1(=O)=O. The Balaban J connectivity index is 2.36. The summed E-state index contributed by atoms with van der Waals surface area (Å²) in [7, 11) is -4.01. The molecule has 2 aromatic rings. The molecule has 24 heavy (non-hydrogen) atoms. The first-order valence-electron chi connectivity index (χ1n) is 7.45. The van der Waals surface area contributed by atoms with Gasteiger partial charge in [-0.3, -0.25) is 4.68 Å². The van der Waals surface area contributed by atoms with E-state index in [2.05, 4.69) is 11.0 Å². The molecule has 0 atom stereocenters. The second-order valence-electron chi connectivity index (χ2n) is 5.43. The number of hydrogen-bond donors (Lipinski definition) is 1. The predicted molar refractivity (Wildman–Crippen MR) is 93.6 cm³/mol. The van der Waals surface area contributed by atoms with E-state index in [0.717, 1.165) is 9.87 Å². The fourth-order valence-electron chi connectivity index (χ4n) is 2.73. The van der Waals surface area contributed by atoms with Crippen LogP contribution >= 0.6 is 0 Å². The second-order valence-corrected chi connectivity index (χ2v) is 7.23. The molecule has 0 amide bonds. The highest BCUT2D eigenvalue weighted by Gasteiger charge is 2.40. The van der Waals surface area contributed by atoms with Gasteiger partial charge < -0.3 is 5.11 Å². The monoisotopic (exact) mass is 343 g/mol. The number of nitrogens with zero attached hydrogens (tertiary/aromatic N) is 3. The fraction of sp³-hybridized carbons (Fsp3) is 0.235. The summed E-state index contributed by atoms with van der Waals surface area (Å²) in [6.07, 6.45) is 6.98. The number of anilines is 1. The minimum atomic E-state index is -4.01. The van der Waals surface area contributed by atoms with Crippen molar-refractivity contribution < 1.29 is 13.5 Å². The number of aliphatic hydroxyl groups is 1. The number of terminal acetylenes is 1. The average molecular weight is 343 g/mol. The molecular weight excluding hydrogens is 326 g/mol. The van der Waals surface area contributed by atoms with Crippen LogP contribution in [0.4, 0.5) is 5.82 Å². The van der Waals surface area contributed by atoms with Crippen molar-refractivity contribution in [2.45, 2.75) is 20.4 Å². The molecule has 0 saturated heterocycles. The summed E-state index contributed by atoms with van der Waals surface area (Å²) < 4.78 is 28.8. The molecule has 0 spiro atoms. The van der Waals surface area contributed by atoms with Gasteiger partial charge in [-0.25, -0.2) is 12.7 Å². The molecule has 0 aliphatic carbocycles. The van der Waals surface area contributed by atoms with E-state index in [-0.39, 0.29) is 23.0 Å².